The average molecular weight is 346 g/mol. The number of hydrogen-bond donors (Lipinski definition) is 1. The molecular weight excluding hydrogens is 338 g/mol. The van der Waals surface area contributed by atoms with Gasteiger partial charge in [0.05, 0.1) is 16.2 Å². The number of nitrogens with zero attached hydrogens (tertiary/aromatic N) is 2. The first-order chi connectivity index (χ1) is 10.0. The van der Waals surface area contributed by atoms with Crippen LogP contribution in [0.15, 0.2) is 46.9 Å². The van der Waals surface area contributed by atoms with Gasteiger partial charge in [0, 0.05) is 10.5 Å². The predicted octanol–water partition coefficient (Wildman–Crippen LogP) is 3.48. The molecule has 1 N–H and O–H groups in total. The molecule has 0 aliphatic carbocycles. The molecule has 0 radical (unpaired) electrons. The quantitative estimate of drug-likeness (QED) is 0.680. The number of hydrogen-bond acceptors (Lipinski definition) is 4. The molecule has 0 aliphatic rings. The van der Waals surface area contributed by atoms with Crippen molar-refractivity contribution in [2.75, 3.05) is 5.32 Å². The van der Waals surface area contributed by atoms with Gasteiger partial charge in [-0.3, -0.25) is 14.9 Å². The molecule has 1 amide bonds. The number of rotatable bonds is 3. The third-order valence-corrected chi connectivity index (χ3v) is 3.19. The van der Waals surface area contributed by atoms with Crippen molar-refractivity contribution in [2.24, 2.45) is 0 Å². The van der Waals surface area contributed by atoms with Crippen molar-refractivity contribution < 1.29 is 9.72 Å². The Morgan fingerprint density at radius 2 is 2.00 bits per heavy atom. The monoisotopic (exact) mass is 345 g/mol. The van der Waals surface area contributed by atoms with Crippen LogP contribution in [0.3, 0.4) is 0 Å². The zero-order chi connectivity index (χ0) is 15.4. The fourth-order valence-electron chi connectivity index (χ4n) is 1.73. The summed E-state index contributed by atoms with van der Waals surface area (Å²) in [6, 6.07) is 12.3. The molecule has 0 saturated carbocycles. The minimum atomic E-state index is -0.642. The molecule has 2 aromatic rings. The van der Waals surface area contributed by atoms with Crippen LogP contribution in [0.1, 0.15) is 15.9 Å². The van der Waals surface area contributed by atoms with E-state index in [4.69, 9.17) is 5.26 Å². The summed E-state index contributed by atoms with van der Waals surface area (Å²) in [4.78, 5) is 22.5. The maximum Gasteiger partial charge on any atom is 0.282 e. The van der Waals surface area contributed by atoms with E-state index in [0.29, 0.717) is 4.47 Å². The zero-order valence-electron chi connectivity index (χ0n) is 10.5. The number of benzene rings is 2. The van der Waals surface area contributed by atoms with Crippen LogP contribution in [0, 0.1) is 21.4 Å². The Morgan fingerprint density at radius 1 is 1.29 bits per heavy atom. The summed E-state index contributed by atoms with van der Waals surface area (Å²) in [5, 5.41) is 22.5. The molecule has 0 aliphatic heterocycles. The van der Waals surface area contributed by atoms with Crippen molar-refractivity contribution in [3.63, 3.8) is 0 Å². The Labute approximate surface area is 128 Å². The molecule has 0 unspecified atom stereocenters. The van der Waals surface area contributed by atoms with Crippen LogP contribution < -0.4 is 5.32 Å². The highest BCUT2D eigenvalue weighted by Crippen LogP contribution is 2.23. The lowest BCUT2D eigenvalue weighted by molar-refractivity contribution is -0.385. The van der Waals surface area contributed by atoms with Gasteiger partial charge in [-0.15, -0.1) is 0 Å². The van der Waals surface area contributed by atoms with E-state index < -0.39 is 10.8 Å². The molecule has 0 aromatic heterocycles. The van der Waals surface area contributed by atoms with E-state index in [-0.39, 0.29) is 22.5 Å². The topological polar surface area (TPSA) is 96.0 Å². The van der Waals surface area contributed by atoms with Crippen LogP contribution in [-0.4, -0.2) is 10.8 Å². The van der Waals surface area contributed by atoms with Gasteiger partial charge in [-0.2, -0.15) is 5.26 Å². The molecule has 7 heteroatoms. The summed E-state index contributed by atoms with van der Waals surface area (Å²) < 4.78 is 0.680. The number of anilines is 1. The number of amides is 1. The molecule has 0 bridgehead atoms. The van der Waals surface area contributed by atoms with Crippen molar-refractivity contribution in [2.45, 2.75) is 0 Å². The highest BCUT2D eigenvalue weighted by atomic mass is 79.9. The molecule has 0 heterocycles. The van der Waals surface area contributed by atoms with Crippen LogP contribution >= 0.6 is 15.9 Å². The minimum absolute atomic E-state index is 0.0636. The van der Waals surface area contributed by atoms with E-state index in [9.17, 15) is 14.9 Å². The zero-order valence-corrected chi connectivity index (χ0v) is 12.1. The van der Waals surface area contributed by atoms with Crippen LogP contribution in [0.25, 0.3) is 0 Å². The normalized spacial score (nSPS) is 9.71. The molecule has 2 rings (SSSR count). The Balaban J connectivity index is 2.38. The highest BCUT2D eigenvalue weighted by Gasteiger charge is 2.20. The predicted molar refractivity (Wildman–Crippen MR) is 79.9 cm³/mol. The van der Waals surface area contributed by atoms with Gasteiger partial charge >= 0.3 is 0 Å². The van der Waals surface area contributed by atoms with Gasteiger partial charge in [0.1, 0.15) is 11.6 Å². The van der Waals surface area contributed by atoms with Crippen LogP contribution in [-0.2, 0) is 0 Å². The van der Waals surface area contributed by atoms with Crippen molar-refractivity contribution in [1.82, 2.24) is 0 Å². The molecule has 0 fully saturated rings. The fraction of sp³-hybridized carbons (Fsp3) is 0. The number of halogens is 1. The first kappa shape index (κ1) is 14.7. The first-order valence-corrected chi connectivity index (χ1v) is 6.56. The van der Waals surface area contributed by atoms with Crippen LogP contribution in [0.5, 0.6) is 0 Å². The van der Waals surface area contributed by atoms with E-state index in [0.717, 1.165) is 0 Å². The summed E-state index contributed by atoms with van der Waals surface area (Å²) in [6.07, 6.45) is 0. The van der Waals surface area contributed by atoms with E-state index >= 15 is 0 Å². The van der Waals surface area contributed by atoms with Gasteiger partial charge in [-0.1, -0.05) is 28.1 Å². The Kier molecular flexibility index (Phi) is 4.30. The van der Waals surface area contributed by atoms with E-state index in [1.54, 1.807) is 18.2 Å². The van der Waals surface area contributed by atoms with Crippen molar-refractivity contribution >= 4 is 33.2 Å². The summed E-state index contributed by atoms with van der Waals surface area (Å²) in [7, 11) is 0. The van der Waals surface area contributed by atoms with Gasteiger partial charge in [0.25, 0.3) is 11.6 Å². The second-order valence-electron chi connectivity index (χ2n) is 4.03. The lowest BCUT2D eigenvalue weighted by Crippen LogP contribution is -2.14. The summed E-state index contributed by atoms with van der Waals surface area (Å²) in [6.45, 7) is 0. The first-order valence-electron chi connectivity index (χ1n) is 5.77. The number of carbonyl (C=O) groups is 1. The van der Waals surface area contributed by atoms with Gasteiger partial charge in [0.2, 0.25) is 0 Å². The van der Waals surface area contributed by atoms with Crippen molar-refractivity contribution in [1.29, 1.82) is 5.26 Å². The second kappa shape index (κ2) is 6.15. The summed E-state index contributed by atoms with van der Waals surface area (Å²) in [5.41, 5.74) is 0.204. The highest BCUT2D eigenvalue weighted by molar-refractivity contribution is 9.10. The minimum Gasteiger partial charge on any atom is -0.321 e. The van der Waals surface area contributed by atoms with E-state index in [1.807, 2.05) is 6.07 Å². The molecule has 0 spiro atoms. The van der Waals surface area contributed by atoms with Crippen molar-refractivity contribution in [3.05, 3.63) is 68.2 Å². The number of nitrogens with one attached hydrogen (secondary N) is 1. The molecule has 21 heavy (non-hydrogen) atoms. The Morgan fingerprint density at radius 3 is 2.67 bits per heavy atom. The molecule has 6 nitrogen and oxygen atoms in total. The third kappa shape index (κ3) is 3.24. The average Bonchev–Trinajstić information content (AvgIpc) is 2.47. The van der Waals surface area contributed by atoms with Gasteiger partial charge in [-0.25, -0.2) is 0 Å². The number of para-hydroxylation sites is 1. The third-order valence-electron chi connectivity index (χ3n) is 2.70. The summed E-state index contributed by atoms with van der Waals surface area (Å²) in [5.74, 6) is -0.642. The maximum atomic E-state index is 12.2. The largest absolute Gasteiger partial charge is 0.321 e. The van der Waals surface area contributed by atoms with E-state index in [2.05, 4.69) is 21.2 Å². The number of nitriles is 1. The second-order valence-corrected chi connectivity index (χ2v) is 4.95. The van der Waals surface area contributed by atoms with E-state index in [1.165, 1.54) is 24.3 Å². The van der Waals surface area contributed by atoms with Crippen molar-refractivity contribution in [3.8, 4) is 6.07 Å². The molecule has 0 atom stereocenters. The standard InChI is InChI=1S/C14H8BrN3O3/c15-10-6-5-9(8-16)12(7-10)17-14(19)11-3-1-2-4-13(11)18(20)21/h1-7H,(H,17,19). The molecule has 2 aromatic carbocycles. The SMILES string of the molecule is N#Cc1ccc(Br)cc1NC(=O)c1ccccc1[N+](=O)[O-]. The number of carbonyl (C=O) groups excluding carboxylic acids is 1. The molecule has 0 saturated heterocycles. The van der Waals surface area contributed by atoms with Gasteiger partial charge < -0.3 is 5.32 Å². The number of nitro groups is 1. The Hall–Kier alpha value is -2.72. The Bertz CT molecular complexity index is 768. The van der Waals surface area contributed by atoms with Crippen LogP contribution in [0.2, 0.25) is 0 Å². The number of nitro benzene ring substituents is 1. The molecule has 104 valence electrons. The fourth-order valence-corrected chi connectivity index (χ4v) is 2.09. The summed E-state index contributed by atoms with van der Waals surface area (Å²) >= 11 is 3.24. The smallest absolute Gasteiger partial charge is 0.282 e. The van der Waals surface area contributed by atoms with Gasteiger partial charge in [-0.05, 0) is 24.3 Å². The van der Waals surface area contributed by atoms with Gasteiger partial charge in [0.15, 0.2) is 0 Å². The molecular formula is C14H8BrN3O3. The maximum absolute atomic E-state index is 12.2. The lowest BCUT2D eigenvalue weighted by Gasteiger charge is -2.08. The lowest BCUT2D eigenvalue weighted by atomic mass is 10.1. The van der Waals surface area contributed by atoms with Crippen LogP contribution in [0.4, 0.5) is 11.4 Å².